The molecule has 0 saturated carbocycles. The van der Waals surface area contributed by atoms with E-state index >= 15 is 0 Å². The van der Waals surface area contributed by atoms with Gasteiger partial charge in [0, 0.05) is 25.8 Å². The Labute approximate surface area is 105 Å². The zero-order valence-corrected chi connectivity index (χ0v) is 10.2. The molecule has 1 aliphatic rings. The number of rotatable bonds is 3. The first-order chi connectivity index (χ1) is 8.26. The van der Waals surface area contributed by atoms with Gasteiger partial charge in [-0.2, -0.15) is 0 Å². The van der Waals surface area contributed by atoms with E-state index in [0.29, 0.717) is 24.7 Å². The maximum absolute atomic E-state index is 9.10. The van der Waals surface area contributed by atoms with Crippen molar-refractivity contribution in [2.75, 3.05) is 31.2 Å². The molecule has 0 spiro atoms. The van der Waals surface area contributed by atoms with Crippen molar-refractivity contribution in [2.24, 2.45) is 5.73 Å². The average Bonchev–Trinajstić information content (AvgIpc) is 2.39. The van der Waals surface area contributed by atoms with Crippen LogP contribution in [-0.2, 0) is 11.3 Å². The van der Waals surface area contributed by atoms with Gasteiger partial charge >= 0.3 is 0 Å². The van der Waals surface area contributed by atoms with Crippen LogP contribution >= 0.6 is 11.6 Å². The summed E-state index contributed by atoms with van der Waals surface area (Å²) in [6, 6.07) is 1.82. The molecule has 1 fully saturated rings. The van der Waals surface area contributed by atoms with Gasteiger partial charge in [-0.05, 0) is 11.6 Å². The highest BCUT2D eigenvalue weighted by molar-refractivity contribution is 6.33. The number of anilines is 1. The summed E-state index contributed by atoms with van der Waals surface area (Å²) in [7, 11) is 0. The number of ether oxygens (including phenoxy) is 1. The smallest absolute Gasteiger partial charge is 0.147 e. The zero-order chi connectivity index (χ0) is 12.3. The molecule has 1 saturated heterocycles. The molecule has 0 amide bonds. The number of pyridine rings is 1. The Kier molecular flexibility index (Phi) is 4.17. The number of hydrogen-bond acceptors (Lipinski definition) is 5. The van der Waals surface area contributed by atoms with Gasteiger partial charge in [0.15, 0.2) is 0 Å². The van der Waals surface area contributed by atoms with Gasteiger partial charge in [-0.15, -0.1) is 0 Å². The normalized spacial score (nSPS) is 20.6. The van der Waals surface area contributed by atoms with Crippen molar-refractivity contribution < 1.29 is 9.84 Å². The van der Waals surface area contributed by atoms with Crippen LogP contribution < -0.4 is 10.6 Å². The van der Waals surface area contributed by atoms with Crippen LogP contribution in [0.2, 0.25) is 5.02 Å². The lowest BCUT2D eigenvalue weighted by Crippen LogP contribution is -2.44. The monoisotopic (exact) mass is 257 g/mol. The summed E-state index contributed by atoms with van der Waals surface area (Å²) < 4.78 is 5.39. The quantitative estimate of drug-likeness (QED) is 0.820. The minimum Gasteiger partial charge on any atom is -0.394 e. The third-order valence-corrected chi connectivity index (χ3v) is 3.22. The van der Waals surface area contributed by atoms with Crippen LogP contribution in [0.5, 0.6) is 0 Å². The molecule has 17 heavy (non-hydrogen) atoms. The number of hydrogen-bond donors (Lipinski definition) is 2. The molecule has 3 N–H and O–H groups in total. The first kappa shape index (κ1) is 12.6. The van der Waals surface area contributed by atoms with Crippen molar-refractivity contribution in [3.63, 3.8) is 0 Å². The molecule has 6 heteroatoms. The first-order valence-electron chi connectivity index (χ1n) is 5.57. The van der Waals surface area contributed by atoms with E-state index in [2.05, 4.69) is 4.98 Å². The van der Waals surface area contributed by atoms with E-state index < -0.39 is 0 Å². The van der Waals surface area contributed by atoms with E-state index in [-0.39, 0.29) is 12.7 Å². The van der Waals surface area contributed by atoms with Crippen LogP contribution in [0.1, 0.15) is 5.56 Å². The first-order valence-corrected chi connectivity index (χ1v) is 5.95. The molecule has 2 heterocycles. The highest BCUT2D eigenvalue weighted by atomic mass is 35.5. The van der Waals surface area contributed by atoms with Gasteiger partial charge in [0.05, 0.1) is 24.3 Å². The summed E-state index contributed by atoms with van der Waals surface area (Å²) in [4.78, 5) is 6.30. The van der Waals surface area contributed by atoms with Crippen molar-refractivity contribution in [2.45, 2.75) is 12.6 Å². The lowest BCUT2D eigenvalue weighted by molar-refractivity contribution is 0.00336. The number of aliphatic hydroxyl groups excluding tert-OH is 1. The summed E-state index contributed by atoms with van der Waals surface area (Å²) in [5, 5.41) is 9.69. The number of morpholine rings is 1. The molecular formula is C11H16ClN3O2. The minimum atomic E-state index is -0.178. The fourth-order valence-corrected chi connectivity index (χ4v) is 2.18. The van der Waals surface area contributed by atoms with E-state index in [1.807, 2.05) is 11.0 Å². The Bertz CT molecular complexity index is 389. The average molecular weight is 258 g/mol. The summed E-state index contributed by atoms with van der Waals surface area (Å²) >= 11 is 6.25. The molecular weight excluding hydrogens is 242 g/mol. The predicted octanol–water partition coefficient (Wildman–Crippen LogP) is 0.391. The molecule has 0 aromatic carbocycles. The molecule has 0 bridgehead atoms. The molecule has 1 aromatic rings. The fraction of sp³-hybridized carbons (Fsp3) is 0.545. The Morgan fingerprint density at radius 1 is 1.65 bits per heavy atom. The number of aromatic nitrogens is 1. The Hall–Kier alpha value is -0.880. The topological polar surface area (TPSA) is 71.6 Å². The lowest BCUT2D eigenvalue weighted by Gasteiger charge is -2.33. The van der Waals surface area contributed by atoms with E-state index in [9.17, 15) is 0 Å². The standard InChI is InChI=1S/C11H16ClN3O2/c12-10-8(5-13)1-2-14-11(10)15-3-4-17-9(6-15)7-16/h1-2,9,16H,3-7,13H2. The molecule has 5 nitrogen and oxygen atoms in total. The third kappa shape index (κ3) is 2.69. The second kappa shape index (κ2) is 5.64. The third-order valence-electron chi connectivity index (χ3n) is 2.81. The summed E-state index contributed by atoms with van der Waals surface area (Å²) in [5.74, 6) is 0.719. The SMILES string of the molecule is NCc1ccnc(N2CCOC(CO)C2)c1Cl. The Morgan fingerprint density at radius 3 is 3.18 bits per heavy atom. The van der Waals surface area contributed by atoms with E-state index in [0.717, 1.165) is 17.9 Å². The molecule has 94 valence electrons. The van der Waals surface area contributed by atoms with E-state index in [1.165, 1.54) is 0 Å². The van der Waals surface area contributed by atoms with Crippen molar-refractivity contribution in [3.8, 4) is 0 Å². The molecule has 1 unspecified atom stereocenters. The summed E-state index contributed by atoms with van der Waals surface area (Å²) in [6.45, 7) is 2.28. The second-order valence-electron chi connectivity index (χ2n) is 3.93. The van der Waals surface area contributed by atoms with Gasteiger partial charge in [-0.25, -0.2) is 4.98 Å². The van der Waals surface area contributed by atoms with Gasteiger partial charge in [-0.3, -0.25) is 0 Å². The van der Waals surface area contributed by atoms with Gasteiger partial charge in [0.2, 0.25) is 0 Å². The van der Waals surface area contributed by atoms with Crippen LogP contribution in [0.4, 0.5) is 5.82 Å². The van der Waals surface area contributed by atoms with Gasteiger partial charge in [0.1, 0.15) is 5.82 Å². The number of nitrogens with two attached hydrogens (primary N) is 1. The van der Waals surface area contributed by atoms with Crippen LogP contribution in [-0.4, -0.2) is 42.5 Å². The number of halogens is 1. The van der Waals surface area contributed by atoms with Crippen molar-refractivity contribution >= 4 is 17.4 Å². The summed E-state index contributed by atoms with van der Waals surface area (Å²) in [5.41, 5.74) is 6.49. The Balaban J connectivity index is 2.21. The molecule has 1 aromatic heterocycles. The number of nitrogens with zero attached hydrogens (tertiary/aromatic N) is 2. The van der Waals surface area contributed by atoms with Crippen molar-refractivity contribution in [1.29, 1.82) is 0 Å². The molecule has 2 rings (SSSR count). The molecule has 1 aliphatic heterocycles. The van der Waals surface area contributed by atoms with Crippen molar-refractivity contribution in [3.05, 3.63) is 22.8 Å². The van der Waals surface area contributed by atoms with Crippen LogP contribution in [0.3, 0.4) is 0 Å². The van der Waals surface area contributed by atoms with Gasteiger partial charge in [0.25, 0.3) is 0 Å². The second-order valence-corrected chi connectivity index (χ2v) is 4.31. The van der Waals surface area contributed by atoms with Gasteiger partial charge < -0.3 is 20.5 Å². The van der Waals surface area contributed by atoms with Crippen LogP contribution in [0, 0.1) is 0 Å². The maximum atomic E-state index is 9.10. The van der Waals surface area contributed by atoms with Gasteiger partial charge in [-0.1, -0.05) is 11.6 Å². The molecule has 1 atom stereocenters. The predicted molar refractivity (Wildman–Crippen MR) is 66.2 cm³/mol. The summed E-state index contributed by atoms with van der Waals surface area (Å²) in [6.07, 6.45) is 1.52. The highest BCUT2D eigenvalue weighted by Gasteiger charge is 2.23. The van der Waals surface area contributed by atoms with E-state index in [4.69, 9.17) is 27.2 Å². The fourth-order valence-electron chi connectivity index (χ4n) is 1.87. The number of aliphatic hydroxyl groups is 1. The van der Waals surface area contributed by atoms with Crippen LogP contribution in [0.15, 0.2) is 12.3 Å². The minimum absolute atomic E-state index is 0.00466. The Morgan fingerprint density at radius 2 is 2.47 bits per heavy atom. The highest BCUT2D eigenvalue weighted by Crippen LogP contribution is 2.27. The molecule has 0 aliphatic carbocycles. The molecule has 0 radical (unpaired) electrons. The zero-order valence-electron chi connectivity index (χ0n) is 9.47. The van der Waals surface area contributed by atoms with Crippen LogP contribution in [0.25, 0.3) is 0 Å². The van der Waals surface area contributed by atoms with E-state index in [1.54, 1.807) is 6.20 Å². The lowest BCUT2D eigenvalue weighted by atomic mass is 10.2. The maximum Gasteiger partial charge on any atom is 0.147 e. The van der Waals surface area contributed by atoms with Crippen molar-refractivity contribution in [1.82, 2.24) is 4.98 Å². The largest absolute Gasteiger partial charge is 0.394 e.